The van der Waals surface area contributed by atoms with Gasteiger partial charge in [0.2, 0.25) is 5.88 Å². The summed E-state index contributed by atoms with van der Waals surface area (Å²) in [4.78, 5) is 17.8. The fourth-order valence-electron chi connectivity index (χ4n) is 1.19. The van der Waals surface area contributed by atoms with Gasteiger partial charge in [-0.2, -0.15) is 0 Å². The molecule has 92 valence electrons. The minimum absolute atomic E-state index is 0.00521. The number of aromatic nitrogens is 2. The van der Waals surface area contributed by atoms with E-state index in [0.717, 1.165) is 0 Å². The van der Waals surface area contributed by atoms with Crippen LogP contribution in [-0.4, -0.2) is 14.9 Å². The molecular formula is C10H5BrClN3O3. The molecule has 0 aliphatic rings. The van der Waals surface area contributed by atoms with Crippen molar-refractivity contribution in [3.63, 3.8) is 0 Å². The fraction of sp³-hybridized carbons (Fsp3) is 0. The number of hydrogen-bond donors (Lipinski definition) is 0. The van der Waals surface area contributed by atoms with E-state index in [1.165, 1.54) is 24.5 Å². The molecule has 1 aromatic carbocycles. The van der Waals surface area contributed by atoms with Gasteiger partial charge in [0.05, 0.1) is 4.92 Å². The summed E-state index contributed by atoms with van der Waals surface area (Å²) in [5, 5.41) is 10.6. The number of benzene rings is 1. The molecule has 0 fully saturated rings. The normalized spacial score (nSPS) is 10.1. The molecule has 0 unspecified atom stereocenters. The maximum Gasteiger partial charge on any atom is 0.288 e. The second-order valence-corrected chi connectivity index (χ2v) is 4.37. The average molecular weight is 331 g/mol. The fourth-order valence-corrected chi connectivity index (χ4v) is 1.72. The molecule has 0 N–H and O–H groups in total. The average Bonchev–Trinajstić information content (AvgIpc) is 2.28. The molecule has 0 saturated heterocycles. The summed E-state index contributed by atoms with van der Waals surface area (Å²) in [6.07, 6.45) is 1.33. The number of nitrogens with zero attached hydrogens (tertiary/aromatic N) is 3. The smallest absolute Gasteiger partial charge is 0.288 e. The molecular weight excluding hydrogens is 325 g/mol. The zero-order valence-electron chi connectivity index (χ0n) is 8.71. The van der Waals surface area contributed by atoms with E-state index in [9.17, 15) is 10.1 Å². The minimum atomic E-state index is -0.562. The van der Waals surface area contributed by atoms with Gasteiger partial charge >= 0.3 is 0 Å². The van der Waals surface area contributed by atoms with Gasteiger partial charge in [0.25, 0.3) is 5.69 Å². The molecule has 18 heavy (non-hydrogen) atoms. The minimum Gasteiger partial charge on any atom is -0.439 e. The van der Waals surface area contributed by atoms with Crippen LogP contribution >= 0.6 is 27.5 Å². The first-order chi connectivity index (χ1) is 8.56. The molecule has 0 spiro atoms. The second-order valence-electron chi connectivity index (χ2n) is 3.15. The predicted molar refractivity (Wildman–Crippen MR) is 67.9 cm³/mol. The maximum atomic E-state index is 10.6. The van der Waals surface area contributed by atoms with Gasteiger partial charge in [-0.15, -0.1) is 0 Å². The van der Waals surface area contributed by atoms with E-state index >= 15 is 0 Å². The van der Waals surface area contributed by atoms with Crippen LogP contribution in [0.3, 0.4) is 0 Å². The molecule has 1 aromatic heterocycles. The van der Waals surface area contributed by atoms with Gasteiger partial charge < -0.3 is 4.74 Å². The Bertz CT molecular complexity index is 609. The summed E-state index contributed by atoms with van der Waals surface area (Å²) in [7, 11) is 0. The molecule has 0 amide bonds. The molecule has 0 aliphatic heterocycles. The number of nitro groups is 1. The second kappa shape index (κ2) is 5.28. The molecule has 0 bridgehead atoms. The highest BCUT2D eigenvalue weighted by Gasteiger charge is 2.13. The largest absolute Gasteiger partial charge is 0.439 e. The highest BCUT2D eigenvalue weighted by atomic mass is 79.9. The van der Waals surface area contributed by atoms with E-state index in [1.807, 2.05) is 0 Å². The summed E-state index contributed by atoms with van der Waals surface area (Å²) < 4.78 is 5.96. The summed E-state index contributed by atoms with van der Waals surface area (Å²) in [6.45, 7) is 0. The van der Waals surface area contributed by atoms with Crippen molar-refractivity contribution in [3.8, 4) is 11.6 Å². The lowest BCUT2D eigenvalue weighted by Crippen LogP contribution is -1.92. The Morgan fingerprint density at radius 2 is 2.11 bits per heavy atom. The van der Waals surface area contributed by atoms with Gasteiger partial charge in [-0.25, -0.2) is 9.97 Å². The van der Waals surface area contributed by atoms with Crippen LogP contribution in [0.15, 0.2) is 35.2 Å². The molecule has 0 radical (unpaired) electrons. The van der Waals surface area contributed by atoms with Crippen molar-refractivity contribution in [2.75, 3.05) is 0 Å². The van der Waals surface area contributed by atoms with Crippen molar-refractivity contribution in [3.05, 3.63) is 50.3 Å². The van der Waals surface area contributed by atoms with Gasteiger partial charge in [-0.1, -0.05) is 11.6 Å². The van der Waals surface area contributed by atoms with E-state index in [-0.39, 0.29) is 10.7 Å². The summed E-state index contributed by atoms with van der Waals surface area (Å²) >= 11 is 8.93. The Balaban J connectivity index is 2.25. The Labute approximate surface area is 115 Å². The number of rotatable bonds is 3. The van der Waals surface area contributed by atoms with Crippen LogP contribution in [0.25, 0.3) is 0 Å². The monoisotopic (exact) mass is 329 g/mol. The SMILES string of the molecule is O=[N+]([O-])c1ccc(Oc2cc(Br)ncn2)cc1Cl. The van der Waals surface area contributed by atoms with Gasteiger partial charge in [-0.3, -0.25) is 10.1 Å². The van der Waals surface area contributed by atoms with E-state index in [1.54, 1.807) is 6.07 Å². The number of nitro benzene ring substituents is 1. The van der Waals surface area contributed by atoms with E-state index < -0.39 is 4.92 Å². The number of hydrogen-bond acceptors (Lipinski definition) is 5. The first-order valence-electron chi connectivity index (χ1n) is 4.65. The van der Waals surface area contributed by atoms with Crippen molar-refractivity contribution in [2.45, 2.75) is 0 Å². The summed E-state index contributed by atoms with van der Waals surface area (Å²) in [6, 6.07) is 5.64. The lowest BCUT2D eigenvalue weighted by Gasteiger charge is -2.04. The Morgan fingerprint density at radius 1 is 1.33 bits per heavy atom. The summed E-state index contributed by atoms with van der Waals surface area (Å²) in [5.74, 6) is 0.665. The first-order valence-corrected chi connectivity index (χ1v) is 5.82. The van der Waals surface area contributed by atoms with Gasteiger partial charge in [-0.05, 0) is 22.0 Å². The van der Waals surface area contributed by atoms with Crippen LogP contribution in [-0.2, 0) is 0 Å². The van der Waals surface area contributed by atoms with Gasteiger partial charge in [0.1, 0.15) is 21.7 Å². The molecule has 2 aromatic rings. The molecule has 0 atom stereocenters. The summed E-state index contributed by atoms with van der Waals surface area (Å²) in [5.41, 5.74) is -0.173. The third-order valence-electron chi connectivity index (χ3n) is 1.95. The molecule has 8 heteroatoms. The van der Waals surface area contributed by atoms with Crippen molar-refractivity contribution in [2.24, 2.45) is 0 Å². The number of halogens is 2. The highest BCUT2D eigenvalue weighted by molar-refractivity contribution is 9.10. The first kappa shape index (κ1) is 12.7. The van der Waals surface area contributed by atoms with Gasteiger partial charge in [0.15, 0.2) is 0 Å². The standard InChI is InChI=1S/C10H5BrClN3O3/c11-9-4-10(14-5-13-9)18-6-1-2-8(15(16)17)7(12)3-6/h1-5H. The molecule has 0 saturated carbocycles. The topological polar surface area (TPSA) is 78.2 Å². The van der Waals surface area contributed by atoms with Crippen LogP contribution in [0.5, 0.6) is 11.6 Å². The van der Waals surface area contributed by atoms with Crippen LogP contribution in [0.1, 0.15) is 0 Å². The van der Waals surface area contributed by atoms with Crippen LogP contribution in [0.4, 0.5) is 5.69 Å². The predicted octanol–water partition coefficient (Wildman–Crippen LogP) is 3.59. The van der Waals surface area contributed by atoms with Crippen molar-refractivity contribution >= 4 is 33.2 Å². The lowest BCUT2D eigenvalue weighted by atomic mass is 10.3. The third-order valence-corrected chi connectivity index (χ3v) is 2.68. The van der Waals surface area contributed by atoms with Crippen LogP contribution in [0.2, 0.25) is 5.02 Å². The quantitative estimate of drug-likeness (QED) is 0.488. The molecule has 2 rings (SSSR count). The van der Waals surface area contributed by atoms with E-state index in [0.29, 0.717) is 16.2 Å². The van der Waals surface area contributed by atoms with E-state index in [2.05, 4.69) is 25.9 Å². The molecule has 0 aliphatic carbocycles. The zero-order chi connectivity index (χ0) is 13.1. The Hall–Kier alpha value is -1.73. The highest BCUT2D eigenvalue weighted by Crippen LogP contribution is 2.30. The van der Waals surface area contributed by atoms with Crippen molar-refractivity contribution in [1.82, 2.24) is 9.97 Å². The number of ether oxygens (including phenoxy) is 1. The van der Waals surface area contributed by atoms with Crippen LogP contribution in [0, 0.1) is 10.1 Å². The Kier molecular flexibility index (Phi) is 3.73. The van der Waals surface area contributed by atoms with Crippen molar-refractivity contribution in [1.29, 1.82) is 0 Å². The van der Waals surface area contributed by atoms with E-state index in [4.69, 9.17) is 16.3 Å². The Morgan fingerprint density at radius 3 is 2.72 bits per heavy atom. The third kappa shape index (κ3) is 2.93. The molecule has 6 nitrogen and oxygen atoms in total. The van der Waals surface area contributed by atoms with Gasteiger partial charge in [0, 0.05) is 18.2 Å². The van der Waals surface area contributed by atoms with Crippen molar-refractivity contribution < 1.29 is 9.66 Å². The van der Waals surface area contributed by atoms with Crippen LogP contribution < -0.4 is 4.74 Å². The lowest BCUT2D eigenvalue weighted by molar-refractivity contribution is -0.384. The molecule has 1 heterocycles. The maximum absolute atomic E-state index is 10.6. The zero-order valence-corrected chi connectivity index (χ0v) is 11.1.